The maximum absolute atomic E-state index is 12.8. The lowest BCUT2D eigenvalue weighted by atomic mass is 10.5. The minimum Gasteiger partial charge on any atom is -0.250 e. The van der Waals surface area contributed by atoms with Gasteiger partial charge in [0.15, 0.2) is 5.50 Å². The van der Waals surface area contributed by atoms with Crippen molar-refractivity contribution >= 4 is 11.8 Å². The molecule has 0 saturated carbocycles. The van der Waals surface area contributed by atoms with Crippen molar-refractivity contribution in [1.82, 2.24) is 4.98 Å². The summed E-state index contributed by atoms with van der Waals surface area (Å²) in [6.07, 6.45) is 1.50. The molecule has 0 spiro atoms. The van der Waals surface area contributed by atoms with Crippen molar-refractivity contribution in [2.75, 3.05) is 0 Å². The number of hydrogen-bond acceptors (Lipinski definition) is 3. The zero-order chi connectivity index (χ0) is 8.81. The normalized spacial score (nSPS) is 12.0. The molecule has 0 saturated heterocycles. The van der Waals surface area contributed by atoms with Gasteiger partial charge in [-0.3, -0.25) is 0 Å². The molecule has 1 aromatic rings. The second kappa shape index (κ2) is 4.73. The summed E-state index contributed by atoms with van der Waals surface area (Å²) in [4.78, 5) is 3.91. The first-order valence-electron chi connectivity index (χ1n) is 3.41. The first-order chi connectivity index (χ1) is 5.83. The third kappa shape index (κ3) is 2.89. The van der Waals surface area contributed by atoms with Gasteiger partial charge in [0, 0.05) is 6.20 Å². The molecule has 0 N–H and O–H groups in total. The van der Waals surface area contributed by atoms with Gasteiger partial charge in [0.05, 0.1) is 17.5 Å². The fraction of sp³-hybridized carbons (Fsp3) is 0.250. The van der Waals surface area contributed by atoms with Gasteiger partial charge in [-0.25, -0.2) is 9.37 Å². The van der Waals surface area contributed by atoms with Crippen LogP contribution in [0, 0.1) is 11.3 Å². The molecule has 4 heteroatoms. The van der Waals surface area contributed by atoms with Crippen molar-refractivity contribution in [3.05, 3.63) is 24.4 Å². The Balaban J connectivity index is 2.48. The van der Waals surface area contributed by atoms with E-state index in [1.54, 1.807) is 30.5 Å². The van der Waals surface area contributed by atoms with E-state index in [0.29, 0.717) is 5.03 Å². The predicted octanol–water partition coefficient (Wildman–Crippen LogP) is 2.38. The highest BCUT2D eigenvalue weighted by atomic mass is 32.2. The smallest absolute Gasteiger partial charge is 0.164 e. The molecule has 1 heterocycles. The molecule has 0 amide bonds. The Kier molecular flexibility index (Phi) is 3.55. The highest BCUT2D eigenvalue weighted by Gasteiger charge is 2.07. The quantitative estimate of drug-likeness (QED) is 0.673. The molecule has 0 bridgehead atoms. The Morgan fingerprint density at radius 2 is 2.50 bits per heavy atom. The molecule has 0 aliphatic carbocycles. The summed E-state index contributed by atoms with van der Waals surface area (Å²) in [5.74, 6) is 0. The predicted molar refractivity (Wildman–Crippen MR) is 45.2 cm³/mol. The Morgan fingerprint density at radius 3 is 3.08 bits per heavy atom. The molecule has 1 rings (SSSR count). The van der Waals surface area contributed by atoms with Crippen LogP contribution in [0.3, 0.4) is 0 Å². The summed E-state index contributed by atoms with van der Waals surface area (Å²) in [5.41, 5.74) is -1.18. The monoisotopic (exact) mass is 182 g/mol. The first kappa shape index (κ1) is 9.01. The van der Waals surface area contributed by atoms with Crippen molar-refractivity contribution in [2.45, 2.75) is 17.0 Å². The highest BCUT2D eigenvalue weighted by Crippen LogP contribution is 2.23. The first-order valence-corrected chi connectivity index (χ1v) is 4.29. The number of thioether (sulfide) groups is 1. The van der Waals surface area contributed by atoms with E-state index in [-0.39, 0.29) is 6.42 Å². The van der Waals surface area contributed by atoms with E-state index in [2.05, 4.69) is 4.98 Å². The lowest BCUT2D eigenvalue weighted by Gasteiger charge is -2.00. The maximum Gasteiger partial charge on any atom is 0.164 e. The molecular weight excluding hydrogens is 175 g/mol. The Labute approximate surface area is 74.4 Å². The topological polar surface area (TPSA) is 36.7 Å². The van der Waals surface area contributed by atoms with Crippen molar-refractivity contribution < 1.29 is 4.39 Å². The van der Waals surface area contributed by atoms with Crippen LogP contribution in [0.25, 0.3) is 0 Å². The summed E-state index contributed by atoms with van der Waals surface area (Å²) in [6.45, 7) is 0. The minimum absolute atomic E-state index is 0.0960. The number of halogens is 1. The summed E-state index contributed by atoms with van der Waals surface area (Å²) < 4.78 is 12.8. The fourth-order valence-corrected chi connectivity index (χ4v) is 1.36. The second-order valence-corrected chi connectivity index (χ2v) is 3.22. The molecule has 0 aliphatic heterocycles. The van der Waals surface area contributed by atoms with Gasteiger partial charge >= 0.3 is 0 Å². The summed E-state index contributed by atoms with van der Waals surface area (Å²) in [7, 11) is 0. The number of hydrogen-bond donors (Lipinski definition) is 0. The van der Waals surface area contributed by atoms with Crippen LogP contribution < -0.4 is 0 Å². The van der Waals surface area contributed by atoms with E-state index >= 15 is 0 Å². The summed E-state index contributed by atoms with van der Waals surface area (Å²) in [6, 6.07) is 7.03. The molecule has 0 fully saturated rings. The number of pyridine rings is 1. The molecule has 1 atom stereocenters. The SMILES string of the molecule is N#CCC(F)Sc1ccccn1. The Bertz CT molecular complexity index is 270. The number of nitrogens with zero attached hydrogens (tertiary/aromatic N) is 2. The number of rotatable bonds is 3. The fourth-order valence-electron chi connectivity index (χ4n) is 0.661. The van der Waals surface area contributed by atoms with Crippen LogP contribution >= 0.6 is 11.8 Å². The zero-order valence-electron chi connectivity index (χ0n) is 6.27. The molecule has 0 radical (unpaired) electrons. The van der Waals surface area contributed by atoms with E-state index in [1.807, 2.05) is 0 Å². The van der Waals surface area contributed by atoms with Crippen molar-refractivity contribution in [1.29, 1.82) is 5.26 Å². The van der Waals surface area contributed by atoms with Crippen LogP contribution in [0.4, 0.5) is 4.39 Å². The maximum atomic E-state index is 12.8. The average Bonchev–Trinajstić information content (AvgIpc) is 2.06. The molecular formula is C8H7FN2S. The van der Waals surface area contributed by atoms with Crippen LogP contribution in [0.1, 0.15) is 6.42 Å². The van der Waals surface area contributed by atoms with Gasteiger partial charge in [-0.2, -0.15) is 5.26 Å². The minimum atomic E-state index is -1.18. The summed E-state index contributed by atoms with van der Waals surface area (Å²) >= 11 is 0.968. The van der Waals surface area contributed by atoms with Gasteiger partial charge in [0.1, 0.15) is 0 Å². The lowest BCUT2D eigenvalue weighted by Crippen LogP contribution is -1.91. The second-order valence-electron chi connectivity index (χ2n) is 2.06. The molecule has 62 valence electrons. The van der Waals surface area contributed by atoms with E-state index in [0.717, 1.165) is 11.8 Å². The van der Waals surface area contributed by atoms with E-state index < -0.39 is 5.50 Å². The molecule has 0 aliphatic rings. The molecule has 0 aromatic carbocycles. The van der Waals surface area contributed by atoms with Crippen LogP contribution in [0.15, 0.2) is 29.4 Å². The zero-order valence-corrected chi connectivity index (χ0v) is 7.09. The van der Waals surface area contributed by atoms with Crippen molar-refractivity contribution in [3.8, 4) is 6.07 Å². The van der Waals surface area contributed by atoms with Crippen LogP contribution in [-0.2, 0) is 0 Å². The number of aromatic nitrogens is 1. The van der Waals surface area contributed by atoms with Crippen LogP contribution in [0.2, 0.25) is 0 Å². The van der Waals surface area contributed by atoms with Crippen molar-refractivity contribution in [2.24, 2.45) is 0 Å². The molecule has 1 unspecified atom stereocenters. The van der Waals surface area contributed by atoms with E-state index in [4.69, 9.17) is 5.26 Å². The van der Waals surface area contributed by atoms with Crippen LogP contribution in [-0.4, -0.2) is 10.5 Å². The summed E-state index contributed by atoms with van der Waals surface area (Å²) in [5, 5.41) is 8.80. The average molecular weight is 182 g/mol. The van der Waals surface area contributed by atoms with Gasteiger partial charge in [-0.1, -0.05) is 17.8 Å². The highest BCUT2D eigenvalue weighted by molar-refractivity contribution is 7.99. The molecule has 1 aromatic heterocycles. The standard InChI is InChI=1S/C8H7FN2S/c9-7(4-5-10)12-8-3-1-2-6-11-8/h1-3,6-7H,4H2. The Hall–Kier alpha value is -1.08. The van der Waals surface area contributed by atoms with E-state index in [9.17, 15) is 4.39 Å². The largest absolute Gasteiger partial charge is 0.250 e. The molecule has 12 heavy (non-hydrogen) atoms. The van der Waals surface area contributed by atoms with Crippen LogP contribution in [0.5, 0.6) is 0 Å². The Morgan fingerprint density at radius 1 is 1.67 bits per heavy atom. The van der Waals surface area contributed by atoms with Gasteiger partial charge < -0.3 is 0 Å². The van der Waals surface area contributed by atoms with Gasteiger partial charge in [0.25, 0.3) is 0 Å². The third-order valence-corrected chi connectivity index (χ3v) is 2.04. The van der Waals surface area contributed by atoms with Gasteiger partial charge in [0.2, 0.25) is 0 Å². The molecule has 2 nitrogen and oxygen atoms in total. The lowest BCUT2D eigenvalue weighted by molar-refractivity contribution is 0.459. The van der Waals surface area contributed by atoms with Gasteiger partial charge in [-0.05, 0) is 12.1 Å². The number of nitriles is 1. The van der Waals surface area contributed by atoms with Crippen molar-refractivity contribution in [3.63, 3.8) is 0 Å². The third-order valence-electron chi connectivity index (χ3n) is 1.14. The number of alkyl halides is 1. The van der Waals surface area contributed by atoms with E-state index in [1.165, 1.54) is 0 Å². The van der Waals surface area contributed by atoms with Gasteiger partial charge in [-0.15, -0.1) is 0 Å².